The van der Waals surface area contributed by atoms with Crippen LogP contribution in [0, 0.1) is 11.3 Å². The predicted octanol–water partition coefficient (Wildman–Crippen LogP) is 2.81. The van der Waals surface area contributed by atoms with E-state index in [0.717, 1.165) is 12.7 Å². The van der Waals surface area contributed by atoms with Gasteiger partial charge in [0.25, 0.3) is 0 Å². The smallest absolute Gasteiger partial charge is 0.120 e. The first-order valence-electron chi connectivity index (χ1n) is 4.11. The van der Waals surface area contributed by atoms with Gasteiger partial charge in [0.15, 0.2) is 0 Å². The van der Waals surface area contributed by atoms with Crippen LogP contribution in [0.3, 0.4) is 0 Å². The molecule has 0 aliphatic rings. The average Bonchev–Trinajstić information content (AvgIpc) is 1.99. The fraction of sp³-hybridized carbons (Fsp3) is 0.700. The Morgan fingerprint density at radius 1 is 1.55 bits per heavy atom. The van der Waals surface area contributed by atoms with Gasteiger partial charge in [0.05, 0.1) is 0 Å². The highest BCUT2D eigenvalue weighted by atomic mass is 16.1. The summed E-state index contributed by atoms with van der Waals surface area (Å²) >= 11 is 0. The van der Waals surface area contributed by atoms with Crippen LogP contribution < -0.4 is 0 Å². The van der Waals surface area contributed by atoms with Gasteiger partial charge in [-0.05, 0) is 17.8 Å². The fourth-order valence-corrected chi connectivity index (χ4v) is 0.978. The second kappa shape index (κ2) is 4.32. The minimum atomic E-state index is 0.211. The van der Waals surface area contributed by atoms with E-state index in [-0.39, 0.29) is 5.41 Å². The molecular formula is C10H18O. The Hall–Kier alpha value is -0.590. The predicted molar refractivity (Wildman–Crippen MR) is 48.4 cm³/mol. The maximum Gasteiger partial charge on any atom is 0.120 e. The zero-order chi connectivity index (χ0) is 8.91. The number of hydrogen-bond acceptors (Lipinski definition) is 1. The number of rotatable bonds is 5. The lowest BCUT2D eigenvalue weighted by Crippen LogP contribution is -2.19. The van der Waals surface area contributed by atoms with Crippen molar-refractivity contribution in [3.63, 3.8) is 0 Å². The standard InChI is InChI=1S/C10H18O/c1-5-9(2)10(3,4)7-6-8-11/h5,8-9H,1,6-7H2,2-4H3. The quantitative estimate of drug-likeness (QED) is 0.439. The molecule has 1 nitrogen and oxygen atoms in total. The van der Waals surface area contributed by atoms with Crippen molar-refractivity contribution in [1.29, 1.82) is 0 Å². The van der Waals surface area contributed by atoms with E-state index in [0.29, 0.717) is 12.3 Å². The Morgan fingerprint density at radius 2 is 2.09 bits per heavy atom. The van der Waals surface area contributed by atoms with Crippen LogP contribution in [-0.4, -0.2) is 6.29 Å². The van der Waals surface area contributed by atoms with Crippen molar-refractivity contribution < 1.29 is 4.79 Å². The summed E-state index contributed by atoms with van der Waals surface area (Å²) in [5, 5.41) is 0. The molecule has 0 N–H and O–H groups in total. The molecule has 0 heterocycles. The third-order valence-electron chi connectivity index (χ3n) is 2.49. The highest BCUT2D eigenvalue weighted by molar-refractivity contribution is 5.49. The van der Waals surface area contributed by atoms with Crippen LogP contribution >= 0.6 is 0 Å². The molecule has 11 heavy (non-hydrogen) atoms. The van der Waals surface area contributed by atoms with Gasteiger partial charge in [-0.2, -0.15) is 0 Å². The van der Waals surface area contributed by atoms with Crippen LogP contribution in [0.15, 0.2) is 12.7 Å². The Labute approximate surface area is 69.5 Å². The molecule has 64 valence electrons. The van der Waals surface area contributed by atoms with Gasteiger partial charge >= 0.3 is 0 Å². The zero-order valence-corrected chi connectivity index (χ0v) is 7.76. The molecule has 0 fully saturated rings. The Bertz CT molecular complexity index is 136. The van der Waals surface area contributed by atoms with Crippen molar-refractivity contribution in [3.05, 3.63) is 12.7 Å². The lowest BCUT2D eigenvalue weighted by molar-refractivity contribution is -0.108. The molecule has 0 aliphatic carbocycles. The number of carbonyl (C=O) groups excluding carboxylic acids is 1. The number of aldehydes is 1. The van der Waals surface area contributed by atoms with E-state index < -0.39 is 0 Å². The van der Waals surface area contributed by atoms with Gasteiger partial charge in [0, 0.05) is 6.42 Å². The van der Waals surface area contributed by atoms with Crippen LogP contribution in [0.2, 0.25) is 0 Å². The Balaban J connectivity index is 3.96. The molecule has 1 atom stereocenters. The SMILES string of the molecule is C=CC(C)C(C)(C)CCC=O. The Kier molecular flexibility index (Phi) is 4.09. The van der Waals surface area contributed by atoms with E-state index >= 15 is 0 Å². The monoisotopic (exact) mass is 154 g/mol. The number of carbonyl (C=O) groups is 1. The van der Waals surface area contributed by atoms with Gasteiger partial charge in [-0.25, -0.2) is 0 Å². The van der Waals surface area contributed by atoms with E-state index in [1.54, 1.807) is 0 Å². The summed E-state index contributed by atoms with van der Waals surface area (Å²) < 4.78 is 0. The van der Waals surface area contributed by atoms with Crippen molar-refractivity contribution in [1.82, 2.24) is 0 Å². The summed E-state index contributed by atoms with van der Waals surface area (Å²) in [4.78, 5) is 10.1. The van der Waals surface area contributed by atoms with Gasteiger partial charge < -0.3 is 4.79 Å². The third kappa shape index (κ3) is 3.35. The van der Waals surface area contributed by atoms with Gasteiger partial charge in [0.2, 0.25) is 0 Å². The Morgan fingerprint density at radius 3 is 2.45 bits per heavy atom. The van der Waals surface area contributed by atoms with E-state index in [4.69, 9.17) is 0 Å². The lowest BCUT2D eigenvalue weighted by Gasteiger charge is -2.28. The second-order valence-electron chi connectivity index (χ2n) is 3.72. The van der Waals surface area contributed by atoms with Crippen molar-refractivity contribution in [2.75, 3.05) is 0 Å². The molecule has 1 unspecified atom stereocenters. The minimum absolute atomic E-state index is 0.211. The maximum atomic E-state index is 10.1. The fourth-order valence-electron chi connectivity index (χ4n) is 0.978. The van der Waals surface area contributed by atoms with Crippen LogP contribution in [0.25, 0.3) is 0 Å². The van der Waals surface area contributed by atoms with Crippen LogP contribution in [0.4, 0.5) is 0 Å². The molecule has 0 spiro atoms. The topological polar surface area (TPSA) is 17.1 Å². The minimum Gasteiger partial charge on any atom is -0.303 e. The first-order chi connectivity index (χ1) is 5.04. The van der Waals surface area contributed by atoms with Crippen molar-refractivity contribution >= 4 is 6.29 Å². The van der Waals surface area contributed by atoms with Gasteiger partial charge in [-0.1, -0.05) is 26.8 Å². The molecule has 1 heteroatoms. The molecule has 0 rings (SSSR count). The number of hydrogen-bond donors (Lipinski definition) is 0. The summed E-state index contributed by atoms with van der Waals surface area (Å²) in [5.41, 5.74) is 0.211. The summed E-state index contributed by atoms with van der Waals surface area (Å²) in [7, 11) is 0. The molecular weight excluding hydrogens is 136 g/mol. The van der Waals surface area contributed by atoms with E-state index in [1.165, 1.54) is 0 Å². The van der Waals surface area contributed by atoms with Crippen LogP contribution in [0.1, 0.15) is 33.6 Å². The summed E-state index contributed by atoms with van der Waals surface area (Å²) in [6.45, 7) is 10.2. The van der Waals surface area contributed by atoms with Crippen LogP contribution in [0.5, 0.6) is 0 Å². The van der Waals surface area contributed by atoms with Gasteiger partial charge in [-0.15, -0.1) is 6.58 Å². The molecule has 0 saturated carbocycles. The zero-order valence-electron chi connectivity index (χ0n) is 7.76. The second-order valence-corrected chi connectivity index (χ2v) is 3.72. The highest BCUT2D eigenvalue weighted by Gasteiger charge is 2.22. The largest absolute Gasteiger partial charge is 0.303 e. The molecule has 0 aromatic heterocycles. The van der Waals surface area contributed by atoms with Crippen LogP contribution in [-0.2, 0) is 4.79 Å². The molecule has 0 saturated heterocycles. The molecule has 0 radical (unpaired) electrons. The average molecular weight is 154 g/mol. The van der Waals surface area contributed by atoms with Crippen molar-refractivity contribution in [2.24, 2.45) is 11.3 Å². The first kappa shape index (κ1) is 10.4. The molecule has 0 bridgehead atoms. The number of allylic oxidation sites excluding steroid dienone is 1. The molecule has 0 amide bonds. The lowest BCUT2D eigenvalue weighted by atomic mass is 9.77. The van der Waals surface area contributed by atoms with E-state index in [1.807, 2.05) is 6.08 Å². The molecule has 0 aromatic carbocycles. The van der Waals surface area contributed by atoms with E-state index in [2.05, 4.69) is 27.4 Å². The van der Waals surface area contributed by atoms with Crippen molar-refractivity contribution in [2.45, 2.75) is 33.6 Å². The highest BCUT2D eigenvalue weighted by Crippen LogP contribution is 2.31. The first-order valence-corrected chi connectivity index (χ1v) is 4.11. The van der Waals surface area contributed by atoms with Gasteiger partial charge in [0.1, 0.15) is 6.29 Å². The summed E-state index contributed by atoms with van der Waals surface area (Å²) in [5.74, 6) is 0.474. The summed E-state index contributed by atoms with van der Waals surface area (Å²) in [6.07, 6.45) is 4.54. The molecule has 0 aromatic rings. The maximum absolute atomic E-state index is 10.1. The molecule has 0 aliphatic heterocycles. The van der Waals surface area contributed by atoms with E-state index in [9.17, 15) is 4.79 Å². The summed E-state index contributed by atoms with van der Waals surface area (Å²) in [6, 6.07) is 0. The van der Waals surface area contributed by atoms with Gasteiger partial charge in [-0.3, -0.25) is 0 Å². The van der Waals surface area contributed by atoms with Crippen molar-refractivity contribution in [3.8, 4) is 0 Å². The normalized spacial score (nSPS) is 14.1. The third-order valence-corrected chi connectivity index (χ3v) is 2.49.